The highest BCUT2D eigenvalue weighted by molar-refractivity contribution is 6.03. The SMILES string of the molecule is Cc1ccc(C)c(OCCn2cc(C=C(C#N)C(N)=O)c3ccccc32)c1. The highest BCUT2D eigenvalue weighted by Gasteiger charge is 2.10. The number of primary amides is 1. The fourth-order valence-electron chi connectivity index (χ4n) is 3.01. The molecule has 0 fully saturated rings. The van der Waals surface area contributed by atoms with Crippen LogP contribution in [0.25, 0.3) is 17.0 Å². The average Bonchev–Trinajstić information content (AvgIpc) is 3.00. The highest BCUT2D eigenvalue weighted by atomic mass is 16.5. The van der Waals surface area contributed by atoms with Crippen LogP contribution in [0.15, 0.2) is 54.2 Å². The lowest BCUT2D eigenvalue weighted by Gasteiger charge is -2.11. The molecule has 0 unspecified atom stereocenters. The minimum atomic E-state index is -0.729. The lowest BCUT2D eigenvalue weighted by atomic mass is 10.1. The van der Waals surface area contributed by atoms with E-state index in [2.05, 4.69) is 10.6 Å². The maximum Gasteiger partial charge on any atom is 0.259 e. The van der Waals surface area contributed by atoms with E-state index in [-0.39, 0.29) is 5.57 Å². The number of rotatable bonds is 6. The molecule has 5 heteroatoms. The Hall–Kier alpha value is -3.52. The first-order chi connectivity index (χ1) is 13.0. The van der Waals surface area contributed by atoms with Gasteiger partial charge in [-0.05, 0) is 43.2 Å². The van der Waals surface area contributed by atoms with Gasteiger partial charge in [0.05, 0.1) is 6.54 Å². The van der Waals surface area contributed by atoms with Crippen LogP contribution >= 0.6 is 0 Å². The van der Waals surface area contributed by atoms with Gasteiger partial charge in [-0.2, -0.15) is 5.26 Å². The zero-order valence-corrected chi connectivity index (χ0v) is 15.4. The van der Waals surface area contributed by atoms with Gasteiger partial charge in [-0.25, -0.2) is 0 Å². The minimum Gasteiger partial charge on any atom is -0.491 e. The van der Waals surface area contributed by atoms with Gasteiger partial charge in [0.25, 0.3) is 5.91 Å². The molecule has 0 aliphatic heterocycles. The molecule has 0 aliphatic rings. The quantitative estimate of drug-likeness (QED) is 0.538. The molecule has 0 spiro atoms. The number of amides is 1. The van der Waals surface area contributed by atoms with Crippen molar-refractivity contribution < 1.29 is 9.53 Å². The van der Waals surface area contributed by atoms with E-state index in [1.54, 1.807) is 0 Å². The number of para-hydroxylation sites is 1. The Morgan fingerprint density at radius 2 is 2.04 bits per heavy atom. The molecule has 1 amide bonds. The summed E-state index contributed by atoms with van der Waals surface area (Å²) in [6.07, 6.45) is 3.45. The molecule has 0 saturated carbocycles. The molecule has 27 heavy (non-hydrogen) atoms. The molecule has 2 N–H and O–H groups in total. The van der Waals surface area contributed by atoms with Crippen LogP contribution in [0.5, 0.6) is 5.75 Å². The maximum atomic E-state index is 11.4. The van der Waals surface area contributed by atoms with Crippen LogP contribution in [0, 0.1) is 25.2 Å². The van der Waals surface area contributed by atoms with Gasteiger partial charge in [0.2, 0.25) is 0 Å². The highest BCUT2D eigenvalue weighted by Crippen LogP contribution is 2.24. The summed E-state index contributed by atoms with van der Waals surface area (Å²) in [6.45, 7) is 5.21. The molecule has 0 aliphatic carbocycles. The number of fused-ring (bicyclic) bond motifs is 1. The normalized spacial score (nSPS) is 11.4. The molecule has 3 rings (SSSR count). The van der Waals surface area contributed by atoms with Crippen molar-refractivity contribution in [2.45, 2.75) is 20.4 Å². The van der Waals surface area contributed by atoms with E-state index in [0.717, 1.165) is 33.3 Å². The lowest BCUT2D eigenvalue weighted by molar-refractivity contribution is -0.114. The van der Waals surface area contributed by atoms with E-state index in [1.807, 2.05) is 62.5 Å². The standard InChI is InChI=1S/C22H21N3O2/c1-15-7-8-16(2)21(11-15)27-10-9-25-14-18(12-17(13-23)22(24)26)19-5-3-4-6-20(19)25/h3-8,11-12,14H,9-10H2,1-2H3,(H2,24,26). The number of nitrogens with zero attached hydrogens (tertiary/aromatic N) is 2. The van der Waals surface area contributed by atoms with Crippen molar-refractivity contribution in [2.24, 2.45) is 5.73 Å². The van der Waals surface area contributed by atoms with Crippen molar-refractivity contribution in [3.8, 4) is 11.8 Å². The van der Waals surface area contributed by atoms with Gasteiger partial charge in [-0.15, -0.1) is 0 Å². The van der Waals surface area contributed by atoms with Gasteiger partial charge >= 0.3 is 0 Å². The van der Waals surface area contributed by atoms with Crippen molar-refractivity contribution in [1.29, 1.82) is 5.26 Å². The smallest absolute Gasteiger partial charge is 0.259 e. The number of carbonyl (C=O) groups excluding carboxylic acids is 1. The van der Waals surface area contributed by atoms with Gasteiger partial charge in [0, 0.05) is 22.7 Å². The molecule has 5 nitrogen and oxygen atoms in total. The van der Waals surface area contributed by atoms with Crippen molar-refractivity contribution in [3.63, 3.8) is 0 Å². The Morgan fingerprint density at radius 3 is 2.78 bits per heavy atom. The number of benzene rings is 2. The van der Waals surface area contributed by atoms with Crippen molar-refractivity contribution in [3.05, 3.63) is 70.9 Å². The summed E-state index contributed by atoms with van der Waals surface area (Å²) in [7, 11) is 0. The van der Waals surface area contributed by atoms with E-state index in [9.17, 15) is 4.79 Å². The molecule has 136 valence electrons. The van der Waals surface area contributed by atoms with Gasteiger partial charge in [0.1, 0.15) is 24.0 Å². The van der Waals surface area contributed by atoms with E-state index in [1.165, 1.54) is 6.08 Å². The van der Waals surface area contributed by atoms with Crippen LogP contribution in [-0.2, 0) is 11.3 Å². The van der Waals surface area contributed by atoms with Crippen LogP contribution in [0.2, 0.25) is 0 Å². The fourth-order valence-corrected chi connectivity index (χ4v) is 3.01. The number of nitriles is 1. The number of hydrogen-bond donors (Lipinski definition) is 1. The maximum absolute atomic E-state index is 11.4. The Balaban J connectivity index is 1.86. The van der Waals surface area contributed by atoms with E-state index >= 15 is 0 Å². The first-order valence-electron chi connectivity index (χ1n) is 8.69. The predicted octanol–water partition coefficient (Wildman–Crippen LogP) is 3.73. The number of carbonyl (C=O) groups is 1. The average molecular weight is 359 g/mol. The summed E-state index contributed by atoms with van der Waals surface area (Å²) in [5.74, 6) is 0.152. The Morgan fingerprint density at radius 1 is 1.26 bits per heavy atom. The van der Waals surface area contributed by atoms with Crippen molar-refractivity contribution >= 4 is 22.9 Å². The first kappa shape index (κ1) is 18.3. The molecule has 2 aromatic carbocycles. The van der Waals surface area contributed by atoms with Crippen LogP contribution in [-0.4, -0.2) is 17.1 Å². The molecular weight excluding hydrogens is 338 g/mol. The third kappa shape index (κ3) is 4.01. The minimum absolute atomic E-state index is 0.0652. The Bertz CT molecular complexity index is 1070. The lowest BCUT2D eigenvalue weighted by Crippen LogP contribution is -2.12. The molecule has 0 bridgehead atoms. The molecule has 1 aromatic heterocycles. The van der Waals surface area contributed by atoms with E-state index in [4.69, 9.17) is 15.7 Å². The van der Waals surface area contributed by atoms with Crippen molar-refractivity contribution in [1.82, 2.24) is 4.57 Å². The van der Waals surface area contributed by atoms with E-state index < -0.39 is 5.91 Å². The summed E-state index contributed by atoms with van der Waals surface area (Å²) in [6, 6.07) is 15.8. The van der Waals surface area contributed by atoms with Gasteiger partial charge in [0.15, 0.2) is 0 Å². The molecule has 0 atom stereocenters. The molecule has 0 saturated heterocycles. The largest absolute Gasteiger partial charge is 0.491 e. The fraction of sp³-hybridized carbons (Fsp3) is 0.182. The molecule has 0 radical (unpaired) electrons. The number of aryl methyl sites for hydroxylation is 2. The molecule has 1 heterocycles. The first-order valence-corrected chi connectivity index (χ1v) is 8.69. The third-order valence-corrected chi connectivity index (χ3v) is 4.44. The number of hydrogen-bond acceptors (Lipinski definition) is 3. The second-order valence-corrected chi connectivity index (χ2v) is 6.45. The summed E-state index contributed by atoms with van der Waals surface area (Å²) >= 11 is 0. The Kier molecular flexibility index (Phi) is 5.28. The van der Waals surface area contributed by atoms with Crippen molar-refractivity contribution in [2.75, 3.05) is 6.61 Å². The molecular formula is C22H21N3O2. The zero-order chi connectivity index (χ0) is 19.4. The van der Waals surface area contributed by atoms with Crippen LogP contribution < -0.4 is 10.5 Å². The summed E-state index contributed by atoms with van der Waals surface area (Å²) in [5.41, 5.74) is 9.25. The summed E-state index contributed by atoms with van der Waals surface area (Å²) in [4.78, 5) is 11.4. The van der Waals surface area contributed by atoms with Crippen LogP contribution in [0.3, 0.4) is 0 Å². The second-order valence-electron chi connectivity index (χ2n) is 6.45. The zero-order valence-electron chi connectivity index (χ0n) is 15.4. The topological polar surface area (TPSA) is 81.0 Å². The van der Waals surface area contributed by atoms with E-state index in [0.29, 0.717) is 13.2 Å². The van der Waals surface area contributed by atoms with Gasteiger partial charge < -0.3 is 15.0 Å². The van der Waals surface area contributed by atoms with Gasteiger partial charge in [-0.3, -0.25) is 4.79 Å². The summed E-state index contributed by atoms with van der Waals surface area (Å²) in [5, 5.41) is 10.1. The Labute approximate surface area is 158 Å². The predicted molar refractivity (Wildman–Crippen MR) is 106 cm³/mol. The monoisotopic (exact) mass is 359 g/mol. The number of ether oxygens (including phenoxy) is 1. The summed E-state index contributed by atoms with van der Waals surface area (Å²) < 4.78 is 8.02. The second kappa shape index (κ2) is 7.79. The van der Waals surface area contributed by atoms with Crippen LogP contribution in [0.4, 0.5) is 0 Å². The van der Waals surface area contributed by atoms with Crippen LogP contribution in [0.1, 0.15) is 16.7 Å². The number of nitrogens with two attached hydrogens (primary N) is 1. The van der Waals surface area contributed by atoms with Gasteiger partial charge in [-0.1, -0.05) is 30.3 Å². The number of aromatic nitrogens is 1. The third-order valence-electron chi connectivity index (χ3n) is 4.44. The molecule has 3 aromatic rings.